The number of likely N-dealkylation sites (N-methyl/N-ethyl adjacent to an activating group) is 1. The lowest BCUT2D eigenvalue weighted by atomic mass is 9.99. The lowest BCUT2D eigenvalue weighted by Crippen LogP contribution is -2.60. The van der Waals surface area contributed by atoms with Crippen LogP contribution in [-0.4, -0.2) is 72.3 Å². The van der Waals surface area contributed by atoms with Gasteiger partial charge in [0.25, 0.3) is 0 Å². The average Bonchev–Trinajstić information content (AvgIpc) is 3.14. The Morgan fingerprint density at radius 1 is 1.11 bits per heavy atom. The van der Waals surface area contributed by atoms with Crippen molar-refractivity contribution in [2.24, 2.45) is 0 Å². The maximum atomic E-state index is 13.3. The molecule has 1 amide bonds. The van der Waals surface area contributed by atoms with Crippen molar-refractivity contribution in [3.63, 3.8) is 0 Å². The first kappa shape index (κ1) is 19.5. The molecule has 1 aromatic carbocycles. The topological polar surface area (TPSA) is 73.5 Å². The molecule has 0 unspecified atom stereocenters. The van der Waals surface area contributed by atoms with E-state index in [2.05, 4.69) is 42.8 Å². The van der Waals surface area contributed by atoms with Gasteiger partial charge in [0.2, 0.25) is 5.91 Å². The van der Waals surface area contributed by atoms with Crippen LogP contribution in [0.25, 0.3) is 10.9 Å². The monoisotopic (exact) mass is 403 g/mol. The molecule has 0 aliphatic carbocycles. The van der Waals surface area contributed by atoms with Crippen molar-refractivity contribution in [1.82, 2.24) is 14.8 Å². The second-order valence-electron chi connectivity index (χ2n) is 8.28. The molecule has 0 bridgehead atoms. The first-order chi connectivity index (χ1) is 13.2. The zero-order valence-corrected chi connectivity index (χ0v) is 17.9. The van der Waals surface area contributed by atoms with E-state index >= 15 is 0 Å². The molecule has 1 aromatic heterocycles. The smallest absolute Gasteiger partial charge is 0.227 e. The minimum atomic E-state index is -3.10. The minimum Gasteiger partial charge on any atom is -0.358 e. The summed E-state index contributed by atoms with van der Waals surface area (Å²) in [6.07, 6.45) is 0.311. The van der Waals surface area contributed by atoms with Crippen molar-refractivity contribution in [3.05, 3.63) is 34.5 Å². The van der Waals surface area contributed by atoms with Crippen molar-refractivity contribution in [1.29, 1.82) is 0 Å². The van der Waals surface area contributed by atoms with Gasteiger partial charge in [0.15, 0.2) is 9.84 Å². The van der Waals surface area contributed by atoms with Crippen LogP contribution in [0.4, 0.5) is 0 Å². The van der Waals surface area contributed by atoms with Crippen molar-refractivity contribution in [2.75, 3.05) is 31.1 Å². The number of hydrogen-bond acceptors (Lipinski definition) is 4. The minimum absolute atomic E-state index is 0.0350. The van der Waals surface area contributed by atoms with Gasteiger partial charge in [-0.1, -0.05) is 19.1 Å². The molecular weight excluding hydrogens is 374 g/mol. The summed E-state index contributed by atoms with van der Waals surface area (Å²) in [5.74, 6) is 0.290. The molecule has 4 rings (SSSR count). The van der Waals surface area contributed by atoms with Crippen LogP contribution in [0.15, 0.2) is 12.1 Å². The van der Waals surface area contributed by atoms with E-state index in [1.165, 1.54) is 5.56 Å². The lowest BCUT2D eigenvalue weighted by Gasteiger charge is -2.43. The van der Waals surface area contributed by atoms with Crippen molar-refractivity contribution in [2.45, 2.75) is 46.2 Å². The van der Waals surface area contributed by atoms with Gasteiger partial charge in [-0.2, -0.15) is 0 Å². The third kappa shape index (κ3) is 3.14. The Morgan fingerprint density at radius 3 is 2.50 bits per heavy atom. The summed E-state index contributed by atoms with van der Waals surface area (Å²) in [6, 6.07) is 3.90. The van der Waals surface area contributed by atoms with E-state index in [9.17, 15) is 13.2 Å². The van der Waals surface area contributed by atoms with Gasteiger partial charge in [-0.3, -0.25) is 9.69 Å². The van der Waals surface area contributed by atoms with E-state index in [1.54, 1.807) is 0 Å². The molecule has 2 saturated heterocycles. The number of hydrogen-bond donors (Lipinski definition) is 1. The number of H-pyrrole nitrogens is 1. The Hall–Kier alpha value is -1.86. The van der Waals surface area contributed by atoms with Gasteiger partial charge in [0, 0.05) is 35.7 Å². The molecule has 2 fully saturated rings. The number of aromatic nitrogens is 1. The van der Waals surface area contributed by atoms with Crippen molar-refractivity contribution in [3.8, 4) is 0 Å². The van der Waals surface area contributed by atoms with Crippen LogP contribution in [0.1, 0.15) is 29.3 Å². The molecule has 2 aliphatic rings. The molecular formula is C21H29N3O3S. The van der Waals surface area contributed by atoms with E-state index in [0.717, 1.165) is 40.8 Å². The molecule has 3 heterocycles. The fourth-order valence-corrected chi connectivity index (χ4v) is 7.02. The Labute approximate surface area is 166 Å². The number of aryl methyl sites for hydroxylation is 3. The summed E-state index contributed by atoms with van der Waals surface area (Å²) in [5, 5.41) is 1.13. The number of amides is 1. The third-order valence-corrected chi connectivity index (χ3v) is 8.23. The van der Waals surface area contributed by atoms with E-state index in [0.29, 0.717) is 13.0 Å². The Bertz CT molecular complexity index is 1040. The summed E-state index contributed by atoms with van der Waals surface area (Å²) in [5.41, 5.74) is 5.48. The lowest BCUT2D eigenvalue weighted by molar-refractivity contribution is -0.136. The molecule has 7 heteroatoms. The normalized spacial score (nSPS) is 24.6. The van der Waals surface area contributed by atoms with E-state index in [1.807, 2.05) is 11.8 Å². The Balaban J connectivity index is 1.65. The number of sulfone groups is 1. The van der Waals surface area contributed by atoms with Crippen LogP contribution in [0.5, 0.6) is 0 Å². The molecule has 2 aliphatic heterocycles. The quantitative estimate of drug-likeness (QED) is 0.850. The molecule has 0 radical (unpaired) electrons. The number of fused-ring (bicyclic) bond motifs is 2. The summed E-state index contributed by atoms with van der Waals surface area (Å²) in [4.78, 5) is 20.8. The van der Waals surface area contributed by atoms with Gasteiger partial charge >= 0.3 is 0 Å². The summed E-state index contributed by atoms with van der Waals surface area (Å²) in [6.45, 7) is 10.4. The van der Waals surface area contributed by atoms with Crippen LogP contribution in [0.2, 0.25) is 0 Å². The number of piperazine rings is 1. The predicted molar refractivity (Wildman–Crippen MR) is 111 cm³/mol. The largest absolute Gasteiger partial charge is 0.358 e. The highest BCUT2D eigenvalue weighted by molar-refractivity contribution is 7.91. The second kappa shape index (κ2) is 6.88. The van der Waals surface area contributed by atoms with Crippen LogP contribution in [0.3, 0.4) is 0 Å². The van der Waals surface area contributed by atoms with Crippen LogP contribution in [-0.2, 0) is 21.1 Å². The van der Waals surface area contributed by atoms with Gasteiger partial charge < -0.3 is 9.88 Å². The maximum absolute atomic E-state index is 13.3. The first-order valence-corrected chi connectivity index (χ1v) is 11.8. The molecule has 0 saturated carbocycles. The fraction of sp³-hybridized carbons (Fsp3) is 0.571. The number of carbonyl (C=O) groups is 1. The molecule has 1 N–H and O–H groups in total. The summed E-state index contributed by atoms with van der Waals surface area (Å²) < 4.78 is 24.6. The number of carbonyl (C=O) groups excluding carboxylic acids is 1. The van der Waals surface area contributed by atoms with Crippen LogP contribution in [0, 0.1) is 20.8 Å². The van der Waals surface area contributed by atoms with Gasteiger partial charge in [0.05, 0.1) is 24.0 Å². The number of benzene rings is 1. The number of rotatable bonds is 3. The Kier molecular flexibility index (Phi) is 4.78. The standard InChI is InChI=1S/C21H29N3O3S/c1-5-23-8-9-24(18-12-28(26,27)11-17(18)23)19(25)10-16-15(4)22-21-14(3)7-6-13(2)20(16)21/h6-7,17-18,22H,5,8-12H2,1-4H3/t17-,18+/m1/s1. The average molecular weight is 404 g/mol. The van der Waals surface area contributed by atoms with Gasteiger partial charge in [-0.05, 0) is 44.0 Å². The number of nitrogens with zero attached hydrogens (tertiary/aromatic N) is 2. The predicted octanol–water partition coefficient (Wildman–Crippen LogP) is 1.97. The highest BCUT2D eigenvalue weighted by atomic mass is 32.2. The van der Waals surface area contributed by atoms with Crippen LogP contribution >= 0.6 is 0 Å². The van der Waals surface area contributed by atoms with Gasteiger partial charge in [-0.25, -0.2) is 8.42 Å². The van der Waals surface area contributed by atoms with E-state index in [-0.39, 0.29) is 29.5 Å². The number of nitrogens with one attached hydrogen (secondary N) is 1. The SMILES string of the molecule is CCN1CCN(C(=O)Cc2c(C)[nH]c3c(C)ccc(C)c23)[C@H]2CS(=O)(=O)C[C@H]21. The van der Waals surface area contributed by atoms with Crippen LogP contribution < -0.4 is 0 Å². The summed E-state index contributed by atoms with van der Waals surface area (Å²) in [7, 11) is -3.10. The number of aromatic amines is 1. The Morgan fingerprint density at radius 2 is 1.79 bits per heavy atom. The van der Waals surface area contributed by atoms with E-state index in [4.69, 9.17) is 0 Å². The van der Waals surface area contributed by atoms with Crippen molar-refractivity contribution >= 4 is 26.6 Å². The highest BCUT2D eigenvalue weighted by Crippen LogP contribution is 2.31. The zero-order valence-electron chi connectivity index (χ0n) is 17.1. The fourth-order valence-electron chi connectivity index (χ4n) is 5.01. The molecule has 6 nitrogen and oxygen atoms in total. The van der Waals surface area contributed by atoms with Gasteiger partial charge in [0.1, 0.15) is 0 Å². The maximum Gasteiger partial charge on any atom is 0.227 e. The highest BCUT2D eigenvalue weighted by Gasteiger charge is 2.47. The molecule has 2 aromatic rings. The molecule has 152 valence electrons. The summed E-state index contributed by atoms with van der Waals surface area (Å²) >= 11 is 0. The van der Waals surface area contributed by atoms with Crippen molar-refractivity contribution < 1.29 is 13.2 Å². The van der Waals surface area contributed by atoms with E-state index < -0.39 is 9.84 Å². The molecule has 2 atom stereocenters. The van der Waals surface area contributed by atoms with Gasteiger partial charge in [-0.15, -0.1) is 0 Å². The first-order valence-electron chi connectivity index (χ1n) is 10.0. The third-order valence-electron chi connectivity index (χ3n) is 6.53. The second-order valence-corrected chi connectivity index (χ2v) is 10.4. The molecule has 0 spiro atoms. The molecule has 28 heavy (non-hydrogen) atoms. The zero-order chi connectivity index (χ0) is 20.2.